The van der Waals surface area contributed by atoms with E-state index in [1.807, 2.05) is 0 Å². The Hall–Kier alpha value is -5.13. The fourth-order valence-electron chi connectivity index (χ4n) is 2.75. The summed E-state index contributed by atoms with van der Waals surface area (Å²) in [6.45, 7) is 3.57. The van der Waals surface area contributed by atoms with E-state index in [-0.39, 0.29) is 35.8 Å². The lowest BCUT2D eigenvalue weighted by Crippen LogP contribution is -2.17. The van der Waals surface area contributed by atoms with E-state index in [0.29, 0.717) is 11.4 Å². The van der Waals surface area contributed by atoms with Crippen LogP contribution < -0.4 is 11.1 Å². The van der Waals surface area contributed by atoms with Gasteiger partial charge in [-0.2, -0.15) is 0 Å². The summed E-state index contributed by atoms with van der Waals surface area (Å²) in [5.74, 6) is -3.07. The minimum atomic E-state index is -0.923. The first-order valence-electron chi connectivity index (χ1n) is 10.9. The number of rotatable bonds is 9. The number of nitrogens with one attached hydrogen (secondary N) is 1. The molecule has 37 heavy (non-hydrogen) atoms. The van der Waals surface area contributed by atoms with Crippen LogP contribution in [0.5, 0.6) is 0 Å². The maximum Gasteiger partial charge on any atom is 0.379 e. The number of anilines is 3. The quantitative estimate of drug-likeness (QED) is 0.108. The highest BCUT2D eigenvalue weighted by atomic mass is 16.6. The van der Waals surface area contributed by atoms with Gasteiger partial charge in [0.05, 0.1) is 18.1 Å². The average Bonchev–Trinajstić information content (AvgIpc) is 2.89. The molecule has 1 aromatic heterocycles. The molecule has 192 valence electrons. The fourth-order valence-corrected chi connectivity index (χ4v) is 2.75. The fraction of sp³-hybridized carbons (Fsp3) is 0.160. The Morgan fingerprint density at radius 3 is 1.81 bits per heavy atom. The number of carbonyl (C=O) groups excluding carboxylic acids is 4. The summed E-state index contributed by atoms with van der Waals surface area (Å²) in [4.78, 5) is 59.8. The molecular weight excluding hydrogens is 484 g/mol. The van der Waals surface area contributed by atoms with Crippen LogP contribution in [0.25, 0.3) is 0 Å². The third-order valence-corrected chi connectivity index (χ3v) is 4.49. The van der Waals surface area contributed by atoms with E-state index in [4.69, 9.17) is 5.73 Å². The summed E-state index contributed by atoms with van der Waals surface area (Å²) in [5.41, 5.74) is 6.77. The van der Waals surface area contributed by atoms with Gasteiger partial charge in [0, 0.05) is 34.8 Å². The summed E-state index contributed by atoms with van der Waals surface area (Å²) in [6, 6.07) is 14.8. The first-order chi connectivity index (χ1) is 17.7. The van der Waals surface area contributed by atoms with Crippen LogP contribution in [0.1, 0.15) is 34.6 Å². The highest BCUT2D eigenvalue weighted by Crippen LogP contribution is 2.24. The molecule has 3 rings (SSSR count). The summed E-state index contributed by atoms with van der Waals surface area (Å²) < 4.78 is 9.21. The lowest BCUT2D eigenvalue weighted by atomic mass is 10.1. The van der Waals surface area contributed by atoms with Crippen LogP contribution in [0.3, 0.4) is 0 Å². The number of esters is 2. The molecule has 0 fully saturated rings. The standard InChI is InChI=1S/C15H13N3O5.C10H11NO3/c1-2-23-15(20)13(19)10-5-7-11(8-6-10)17-14-12(18(21)22)4-3-9-16-14;1-2-14-10(13)9(12)7-3-5-8(11)6-4-7/h3-9H,2H2,1H3,(H,16,17);3-6H,2,11H2,1H3. The molecule has 0 amide bonds. The van der Waals surface area contributed by atoms with E-state index in [2.05, 4.69) is 19.8 Å². The molecule has 0 saturated heterocycles. The van der Waals surface area contributed by atoms with E-state index in [9.17, 15) is 29.3 Å². The van der Waals surface area contributed by atoms with Crippen LogP contribution in [0, 0.1) is 10.1 Å². The van der Waals surface area contributed by atoms with Crippen molar-refractivity contribution in [2.24, 2.45) is 0 Å². The van der Waals surface area contributed by atoms with E-state index >= 15 is 0 Å². The molecule has 0 bridgehead atoms. The number of nitrogens with zero attached hydrogens (tertiary/aromatic N) is 2. The molecule has 12 heteroatoms. The maximum absolute atomic E-state index is 11.8. The highest BCUT2D eigenvalue weighted by molar-refractivity contribution is 6.41. The first kappa shape index (κ1) is 28.1. The number of Topliss-reactive ketones (excluding diaryl/α,β-unsaturated/α-hetero) is 2. The van der Waals surface area contributed by atoms with Gasteiger partial charge < -0.3 is 20.5 Å². The van der Waals surface area contributed by atoms with Crippen molar-refractivity contribution in [2.75, 3.05) is 24.3 Å². The molecule has 12 nitrogen and oxygen atoms in total. The Kier molecular flexibility index (Phi) is 10.4. The lowest BCUT2D eigenvalue weighted by molar-refractivity contribution is -0.384. The van der Waals surface area contributed by atoms with Gasteiger partial charge in [-0.25, -0.2) is 14.6 Å². The second-order valence-electron chi connectivity index (χ2n) is 7.05. The predicted molar refractivity (Wildman–Crippen MR) is 133 cm³/mol. The summed E-state index contributed by atoms with van der Waals surface area (Å²) in [7, 11) is 0. The molecule has 3 N–H and O–H groups in total. The highest BCUT2D eigenvalue weighted by Gasteiger charge is 2.18. The summed E-state index contributed by atoms with van der Waals surface area (Å²) in [6.07, 6.45) is 1.42. The SMILES string of the molecule is CCOC(=O)C(=O)c1ccc(N)cc1.CCOC(=O)C(=O)c1ccc(Nc2ncccc2[N+](=O)[O-])cc1. The molecule has 0 radical (unpaired) electrons. The van der Waals surface area contributed by atoms with Crippen LogP contribution in [0.15, 0.2) is 66.9 Å². The van der Waals surface area contributed by atoms with E-state index in [0.717, 1.165) is 0 Å². The number of carbonyl (C=O) groups is 4. The zero-order valence-electron chi connectivity index (χ0n) is 20.0. The summed E-state index contributed by atoms with van der Waals surface area (Å²) in [5, 5.41) is 13.7. The molecule has 1 heterocycles. The van der Waals surface area contributed by atoms with Crippen LogP contribution in [0.4, 0.5) is 22.9 Å². The van der Waals surface area contributed by atoms with Crippen molar-refractivity contribution in [1.29, 1.82) is 0 Å². The second-order valence-corrected chi connectivity index (χ2v) is 7.05. The number of pyridine rings is 1. The van der Waals surface area contributed by atoms with Crippen molar-refractivity contribution in [3.05, 3.63) is 88.1 Å². The maximum atomic E-state index is 11.8. The van der Waals surface area contributed by atoms with Crippen molar-refractivity contribution < 1.29 is 33.6 Å². The molecule has 3 aromatic rings. The summed E-state index contributed by atoms with van der Waals surface area (Å²) >= 11 is 0. The number of nitro groups is 1. The van der Waals surface area contributed by atoms with Crippen molar-refractivity contribution >= 4 is 46.4 Å². The van der Waals surface area contributed by atoms with Crippen molar-refractivity contribution in [1.82, 2.24) is 4.98 Å². The Morgan fingerprint density at radius 2 is 1.35 bits per heavy atom. The number of hydrogen-bond acceptors (Lipinski definition) is 11. The molecule has 0 aliphatic heterocycles. The van der Waals surface area contributed by atoms with Gasteiger partial charge in [0.15, 0.2) is 0 Å². The average molecular weight is 508 g/mol. The Morgan fingerprint density at radius 1 is 0.865 bits per heavy atom. The van der Waals surface area contributed by atoms with Crippen molar-refractivity contribution in [3.63, 3.8) is 0 Å². The normalized spacial score (nSPS) is 9.78. The minimum absolute atomic E-state index is 0.0852. The lowest BCUT2D eigenvalue weighted by Gasteiger charge is -2.06. The number of ketones is 2. The number of nitrogens with two attached hydrogens (primary N) is 1. The number of ether oxygens (including phenoxy) is 2. The van der Waals surface area contributed by atoms with E-state index in [1.54, 1.807) is 26.0 Å². The molecule has 0 aliphatic carbocycles. The van der Waals surface area contributed by atoms with Gasteiger partial charge in [-0.3, -0.25) is 19.7 Å². The Labute approximate surface area is 211 Å². The van der Waals surface area contributed by atoms with E-state index in [1.165, 1.54) is 54.7 Å². The van der Waals surface area contributed by atoms with Crippen LogP contribution in [0.2, 0.25) is 0 Å². The topological polar surface area (TPSA) is 181 Å². The monoisotopic (exact) mass is 508 g/mol. The van der Waals surface area contributed by atoms with Gasteiger partial charge >= 0.3 is 17.6 Å². The number of aromatic nitrogens is 1. The largest absolute Gasteiger partial charge is 0.460 e. The second kappa shape index (κ2) is 13.7. The zero-order valence-corrected chi connectivity index (χ0v) is 20.0. The number of nitrogen functional groups attached to an aromatic ring is 1. The van der Waals surface area contributed by atoms with Crippen LogP contribution >= 0.6 is 0 Å². The van der Waals surface area contributed by atoms with Gasteiger partial charge in [0.25, 0.3) is 11.6 Å². The molecule has 2 aromatic carbocycles. The van der Waals surface area contributed by atoms with Gasteiger partial charge in [-0.05, 0) is 68.4 Å². The molecule has 0 atom stereocenters. The van der Waals surface area contributed by atoms with Gasteiger partial charge in [0.1, 0.15) is 0 Å². The van der Waals surface area contributed by atoms with Gasteiger partial charge in [0.2, 0.25) is 5.82 Å². The predicted octanol–water partition coefficient (Wildman–Crippen LogP) is 3.49. The van der Waals surface area contributed by atoms with E-state index < -0.39 is 28.4 Å². The molecule has 0 unspecified atom stereocenters. The van der Waals surface area contributed by atoms with Crippen molar-refractivity contribution in [3.8, 4) is 0 Å². The van der Waals surface area contributed by atoms with Gasteiger partial charge in [-0.1, -0.05) is 0 Å². The van der Waals surface area contributed by atoms with Crippen LogP contribution in [-0.2, 0) is 19.1 Å². The minimum Gasteiger partial charge on any atom is -0.460 e. The Balaban J connectivity index is 0.000000294. The first-order valence-corrected chi connectivity index (χ1v) is 10.9. The smallest absolute Gasteiger partial charge is 0.379 e. The van der Waals surface area contributed by atoms with Crippen molar-refractivity contribution in [2.45, 2.75) is 13.8 Å². The Bertz CT molecular complexity index is 1270. The van der Waals surface area contributed by atoms with Crippen LogP contribution in [-0.4, -0.2) is 46.6 Å². The molecule has 0 saturated carbocycles. The molecular formula is C25H24N4O8. The third-order valence-electron chi connectivity index (χ3n) is 4.49. The number of hydrogen-bond donors (Lipinski definition) is 2. The van der Waals surface area contributed by atoms with Gasteiger partial charge in [-0.15, -0.1) is 0 Å². The number of benzene rings is 2. The third kappa shape index (κ3) is 8.24. The molecule has 0 spiro atoms. The zero-order chi connectivity index (χ0) is 27.4. The molecule has 0 aliphatic rings.